The second-order valence-corrected chi connectivity index (χ2v) is 5.18. The van der Waals surface area contributed by atoms with E-state index in [9.17, 15) is 10.1 Å². The Kier molecular flexibility index (Phi) is 3.62. The van der Waals surface area contributed by atoms with E-state index in [1.807, 2.05) is 49.2 Å². The molecular formula is C13H14N2O2S. The first-order valence-electron chi connectivity index (χ1n) is 5.58. The molecule has 0 unspecified atom stereocenters. The van der Waals surface area contributed by atoms with Crippen LogP contribution in [0.4, 0.5) is 10.0 Å². The van der Waals surface area contributed by atoms with Crippen LogP contribution < -0.4 is 4.90 Å². The lowest BCUT2D eigenvalue weighted by Gasteiger charge is -2.17. The standard InChI is InChI=1S/C13H14N2O2S/c1-10-8-12(15(16)17)18-13(10)14(2)9-11-6-4-3-5-7-11/h3-8H,9H2,1-2H3. The molecule has 0 saturated carbocycles. The zero-order valence-electron chi connectivity index (χ0n) is 10.3. The quantitative estimate of drug-likeness (QED) is 0.624. The lowest BCUT2D eigenvalue weighted by atomic mass is 10.2. The van der Waals surface area contributed by atoms with Crippen molar-refractivity contribution in [3.05, 3.63) is 57.6 Å². The van der Waals surface area contributed by atoms with E-state index in [-0.39, 0.29) is 9.92 Å². The van der Waals surface area contributed by atoms with Gasteiger partial charge in [-0.1, -0.05) is 30.3 Å². The van der Waals surface area contributed by atoms with Crippen molar-refractivity contribution in [3.8, 4) is 0 Å². The fourth-order valence-electron chi connectivity index (χ4n) is 1.85. The van der Waals surface area contributed by atoms with Gasteiger partial charge in [0.2, 0.25) is 0 Å². The maximum absolute atomic E-state index is 10.7. The summed E-state index contributed by atoms with van der Waals surface area (Å²) in [5.74, 6) is 0. The summed E-state index contributed by atoms with van der Waals surface area (Å²) < 4.78 is 0. The zero-order chi connectivity index (χ0) is 13.1. The third-order valence-corrected chi connectivity index (χ3v) is 3.97. The highest BCUT2D eigenvalue weighted by Crippen LogP contribution is 2.35. The fourth-order valence-corrected chi connectivity index (χ4v) is 2.80. The summed E-state index contributed by atoms with van der Waals surface area (Å²) in [6, 6.07) is 11.7. The minimum Gasteiger partial charge on any atom is -0.362 e. The summed E-state index contributed by atoms with van der Waals surface area (Å²) >= 11 is 1.22. The van der Waals surface area contributed by atoms with Crippen molar-refractivity contribution in [2.45, 2.75) is 13.5 Å². The van der Waals surface area contributed by atoms with Crippen molar-refractivity contribution in [2.24, 2.45) is 0 Å². The highest BCUT2D eigenvalue weighted by atomic mass is 32.1. The van der Waals surface area contributed by atoms with Crippen LogP contribution in [0.25, 0.3) is 0 Å². The van der Waals surface area contributed by atoms with Crippen molar-refractivity contribution in [3.63, 3.8) is 0 Å². The molecule has 5 heteroatoms. The molecule has 4 nitrogen and oxygen atoms in total. The lowest BCUT2D eigenvalue weighted by Crippen LogP contribution is -2.15. The SMILES string of the molecule is Cc1cc([N+](=O)[O-])sc1N(C)Cc1ccccc1. The van der Waals surface area contributed by atoms with Crippen molar-refractivity contribution < 1.29 is 4.92 Å². The molecular weight excluding hydrogens is 248 g/mol. The Labute approximate surface area is 110 Å². The van der Waals surface area contributed by atoms with Gasteiger partial charge in [-0.2, -0.15) is 0 Å². The number of aryl methyl sites for hydroxylation is 1. The highest BCUT2D eigenvalue weighted by Gasteiger charge is 2.16. The average molecular weight is 262 g/mol. The number of hydrogen-bond donors (Lipinski definition) is 0. The summed E-state index contributed by atoms with van der Waals surface area (Å²) in [4.78, 5) is 12.5. The van der Waals surface area contributed by atoms with E-state index in [2.05, 4.69) is 0 Å². The molecule has 0 aliphatic rings. The van der Waals surface area contributed by atoms with Crippen LogP contribution in [0.3, 0.4) is 0 Å². The molecule has 1 heterocycles. The Bertz CT molecular complexity index is 551. The minimum absolute atomic E-state index is 0.197. The van der Waals surface area contributed by atoms with Crippen molar-refractivity contribution in [1.29, 1.82) is 0 Å². The number of benzene rings is 1. The van der Waals surface area contributed by atoms with E-state index in [1.165, 1.54) is 16.9 Å². The van der Waals surface area contributed by atoms with Gasteiger partial charge in [0.1, 0.15) is 5.00 Å². The summed E-state index contributed by atoms with van der Waals surface area (Å²) in [5, 5.41) is 11.9. The average Bonchev–Trinajstić information content (AvgIpc) is 2.73. The van der Waals surface area contributed by atoms with E-state index < -0.39 is 0 Å². The topological polar surface area (TPSA) is 46.4 Å². The monoisotopic (exact) mass is 262 g/mol. The maximum atomic E-state index is 10.7. The van der Waals surface area contributed by atoms with E-state index >= 15 is 0 Å². The number of nitro groups is 1. The van der Waals surface area contributed by atoms with Crippen LogP contribution in [-0.2, 0) is 6.54 Å². The van der Waals surface area contributed by atoms with Gasteiger partial charge in [-0.15, -0.1) is 0 Å². The van der Waals surface area contributed by atoms with Gasteiger partial charge in [0.25, 0.3) is 0 Å². The van der Waals surface area contributed by atoms with Gasteiger partial charge in [0.05, 0.1) is 4.92 Å². The van der Waals surface area contributed by atoms with Gasteiger partial charge >= 0.3 is 5.00 Å². The molecule has 0 spiro atoms. The highest BCUT2D eigenvalue weighted by molar-refractivity contribution is 7.19. The number of rotatable bonds is 4. The third kappa shape index (κ3) is 2.68. The van der Waals surface area contributed by atoms with Crippen LogP contribution in [0.15, 0.2) is 36.4 Å². The van der Waals surface area contributed by atoms with Crippen LogP contribution in [0.1, 0.15) is 11.1 Å². The molecule has 0 fully saturated rings. The first-order valence-corrected chi connectivity index (χ1v) is 6.39. The third-order valence-electron chi connectivity index (χ3n) is 2.67. The van der Waals surface area contributed by atoms with Gasteiger partial charge in [-0.05, 0) is 29.4 Å². The minimum atomic E-state index is -0.336. The fraction of sp³-hybridized carbons (Fsp3) is 0.231. The molecule has 18 heavy (non-hydrogen) atoms. The molecule has 0 aliphatic heterocycles. The second-order valence-electron chi connectivity index (χ2n) is 4.17. The molecule has 0 aliphatic carbocycles. The molecule has 0 atom stereocenters. The molecule has 1 aromatic carbocycles. The molecule has 0 N–H and O–H groups in total. The van der Waals surface area contributed by atoms with Crippen LogP contribution in [0.2, 0.25) is 0 Å². The summed E-state index contributed by atoms with van der Waals surface area (Å²) in [6.07, 6.45) is 0. The Hall–Kier alpha value is -1.88. The first-order chi connectivity index (χ1) is 8.58. The van der Waals surface area contributed by atoms with Gasteiger partial charge in [0.15, 0.2) is 0 Å². The molecule has 0 radical (unpaired) electrons. The first kappa shape index (κ1) is 12.6. The molecule has 0 bridgehead atoms. The number of thiophene rings is 1. The van der Waals surface area contributed by atoms with E-state index in [1.54, 1.807) is 6.07 Å². The van der Waals surface area contributed by atoms with E-state index in [0.29, 0.717) is 0 Å². The molecule has 94 valence electrons. The molecule has 0 amide bonds. The summed E-state index contributed by atoms with van der Waals surface area (Å²) in [5.41, 5.74) is 2.14. The van der Waals surface area contributed by atoms with Gasteiger partial charge in [0, 0.05) is 19.7 Å². The molecule has 2 aromatic rings. The zero-order valence-corrected chi connectivity index (χ0v) is 11.1. The molecule has 2 rings (SSSR count). The van der Waals surface area contributed by atoms with E-state index in [4.69, 9.17) is 0 Å². The number of nitrogens with zero attached hydrogens (tertiary/aromatic N) is 2. The largest absolute Gasteiger partial charge is 0.362 e. The van der Waals surface area contributed by atoms with Crippen molar-refractivity contribution >= 4 is 21.3 Å². The van der Waals surface area contributed by atoms with Crippen LogP contribution in [-0.4, -0.2) is 12.0 Å². The van der Waals surface area contributed by atoms with Crippen LogP contribution in [0.5, 0.6) is 0 Å². The lowest BCUT2D eigenvalue weighted by molar-refractivity contribution is -0.380. The Morgan fingerprint density at radius 1 is 1.33 bits per heavy atom. The summed E-state index contributed by atoms with van der Waals surface area (Å²) in [7, 11) is 1.95. The second kappa shape index (κ2) is 5.18. The predicted molar refractivity (Wildman–Crippen MR) is 74.3 cm³/mol. The van der Waals surface area contributed by atoms with E-state index in [0.717, 1.165) is 17.1 Å². The van der Waals surface area contributed by atoms with Gasteiger partial charge < -0.3 is 4.90 Å². The van der Waals surface area contributed by atoms with Crippen LogP contribution in [0, 0.1) is 17.0 Å². The van der Waals surface area contributed by atoms with Crippen LogP contribution >= 0.6 is 11.3 Å². The Morgan fingerprint density at radius 3 is 2.56 bits per heavy atom. The van der Waals surface area contributed by atoms with Gasteiger partial charge in [-0.25, -0.2) is 0 Å². The predicted octanol–water partition coefficient (Wildman–Crippen LogP) is 3.60. The Morgan fingerprint density at radius 2 is 2.00 bits per heavy atom. The smallest absolute Gasteiger partial charge is 0.326 e. The van der Waals surface area contributed by atoms with Gasteiger partial charge in [-0.3, -0.25) is 10.1 Å². The molecule has 1 aromatic heterocycles. The Balaban J connectivity index is 2.19. The number of anilines is 1. The normalized spacial score (nSPS) is 10.3. The van der Waals surface area contributed by atoms with Crippen molar-refractivity contribution in [1.82, 2.24) is 0 Å². The number of hydrogen-bond acceptors (Lipinski definition) is 4. The summed E-state index contributed by atoms with van der Waals surface area (Å²) in [6.45, 7) is 2.65. The van der Waals surface area contributed by atoms with Crippen molar-refractivity contribution in [2.75, 3.05) is 11.9 Å². The molecule has 0 saturated heterocycles. The maximum Gasteiger partial charge on any atom is 0.326 e.